The summed E-state index contributed by atoms with van der Waals surface area (Å²) in [6, 6.07) is 0. The van der Waals surface area contributed by atoms with Crippen LogP contribution in [0.3, 0.4) is 0 Å². The van der Waals surface area contributed by atoms with Gasteiger partial charge in [-0.3, -0.25) is 23.4 Å². The zero-order chi connectivity index (χ0) is 37.4. The summed E-state index contributed by atoms with van der Waals surface area (Å²) in [5.74, 6) is -4.48. The van der Waals surface area contributed by atoms with Gasteiger partial charge in [0.1, 0.15) is 6.61 Å². The molecule has 0 aromatic heterocycles. The van der Waals surface area contributed by atoms with Crippen LogP contribution in [0.5, 0.6) is 0 Å². The molecule has 1 saturated carbocycles. The van der Waals surface area contributed by atoms with Gasteiger partial charge in [-0.05, 0) is 44.1 Å². The summed E-state index contributed by atoms with van der Waals surface area (Å²) in [4.78, 5) is 47.3. The van der Waals surface area contributed by atoms with E-state index in [4.69, 9.17) is 18.5 Å². The highest BCUT2D eigenvalue weighted by atomic mass is 31.2. The summed E-state index contributed by atoms with van der Waals surface area (Å²) in [5, 5.41) is 2.49. The zero-order valence-corrected chi connectivity index (χ0v) is 31.7. The molecule has 2 aliphatic carbocycles. The van der Waals surface area contributed by atoms with Crippen molar-refractivity contribution in [2.45, 2.75) is 154 Å². The van der Waals surface area contributed by atoms with Crippen molar-refractivity contribution in [1.29, 1.82) is 0 Å². The largest absolute Gasteiger partial charge is 0.472 e. The smallest absolute Gasteiger partial charge is 0.461 e. The average molecular weight is 746 g/mol. The van der Waals surface area contributed by atoms with E-state index in [9.17, 15) is 32.6 Å². The maximum absolute atomic E-state index is 14.1. The Kier molecular flexibility index (Phi) is 21.7. The highest BCUT2D eigenvalue weighted by Gasteiger charge is 2.64. The first-order valence-corrected chi connectivity index (χ1v) is 20.6. The van der Waals surface area contributed by atoms with Gasteiger partial charge in [-0.15, -0.1) is 0 Å². The lowest BCUT2D eigenvalue weighted by atomic mass is 9.93. The summed E-state index contributed by atoms with van der Waals surface area (Å²) < 4.78 is 61.4. The van der Waals surface area contributed by atoms with Crippen LogP contribution < -0.4 is 5.32 Å². The molecule has 0 aliphatic heterocycles. The molecule has 3 atom stereocenters. The summed E-state index contributed by atoms with van der Waals surface area (Å²) in [6.45, 7) is 2.83. The van der Waals surface area contributed by atoms with Gasteiger partial charge < -0.3 is 19.7 Å². The van der Waals surface area contributed by atoms with E-state index in [1.807, 2.05) is 12.2 Å². The molecule has 2 N–H and O–H groups in total. The number of carbonyl (C=O) groups excluding carboxylic acids is 3. The monoisotopic (exact) mass is 745 g/mol. The van der Waals surface area contributed by atoms with Crippen molar-refractivity contribution in [3.05, 3.63) is 36.0 Å². The number of nitrogens with one attached hydrogen (secondary N) is 1. The van der Waals surface area contributed by atoms with E-state index in [1.165, 1.54) is 57.4 Å². The fraction of sp³-hybridized carbons (Fsp3) is 0.763. The Balaban J connectivity index is 1.75. The lowest BCUT2D eigenvalue weighted by Crippen LogP contribution is -2.30. The molecule has 2 rings (SSSR count). The number of amides is 1. The normalized spacial score (nSPS) is 19.7. The predicted octanol–water partition coefficient (Wildman–Crippen LogP) is 9.22. The van der Waals surface area contributed by atoms with Crippen molar-refractivity contribution >= 4 is 25.7 Å². The number of alkyl halides is 2. The van der Waals surface area contributed by atoms with Gasteiger partial charge in [0, 0.05) is 19.4 Å². The molecule has 0 aromatic rings. The van der Waals surface area contributed by atoms with E-state index in [2.05, 4.69) is 19.2 Å². The number of ether oxygens (including phenoxy) is 2. The third kappa shape index (κ3) is 18.8. The first-order valence-electron chi connectivity index (χ1n) is 19.1. The number of phosphoric acid groups is 1. The second-order valence-corrected chi connectivity index (χ2v) is 15.0. The number of halogens is 2. The maximum atomic E-state index is 14.1. The standard InChI is InChI=1S/C38H62F2NO9P/c1-3-5-7-9-11-13-15-17-19-22-35(43)47-30-33(50-36(44)23-20-18-16-14-12-10-8-6-4-2)31-49-51(45,46)48-27-26-41-34(42)28-32-29-37(32)24-21-25-38(37,39)40/h17-20,29,33H,3-16,21-28,30-31H2,1-2H3,(H,41,42)(H,45,46)/b19-17-,20-18-/t33?,37-/m0/s1. The molecule has 1 amide bonds. The number of hydrogen-bond acceptors (Lipinski definition) is 8. The Hall–Kier alpha value is -2.40. The Morgan fingerprint density at radius 2 is 1.43 bits per heavy atom. The number of carbonyl (C=O) groups is 3. The second kappa shape index (κ2) is 24.8. The van der Waals surface area contributed by atoms with Crippen molar-refractivity contribution in [3.8, 4) is 0 Å². The number of phosphoric ester groups is 1. The Labute approximate surface area is 303 Å². The molecule has 0 saturated heterocycles. The van der Waals surface area contributed by atoms with Gasteiger partial charge in [-0.2, -0.15) is 0 Å². The van der Waals surface area contributed by atoms with Crippen molar-refractivity contribution < 1.29 is 51.1 Å². The van der Waals surface area contributed by atoms with E-state index < -0.39 is 56.3 Å². The summed E-state index contributed by atoms with van der Waals surface area (Å²) in [5.41, 5.74) is -0.851. The molecule has 0 heterocycles. The average Bonchev–Trinajstić information content (AvgIpc) is 3.70. The van der Waals surface area contributed by atoms with Crippen molar-refractivity contribution in [2.24, 2.45) is 5.41 Å². The minimum atomic E-state index is -4.65. The van der Waals surface area contributed by atoms with Crippen molar-refractivity contribution in [1.82, 2.24) is 5.32 Å². The predicted molar refractivity (Wildman–Crippen MR) is 193 cm³/mol. The summed E-state index contributed by atoms with van der Waals surface area (Å²) >= 11 is 0. The van der Waals surface area contributed by atoms with E-state index >= 15 is 0 Å². The second-order valence-electron chi connectivity index (χ2n) is 13.6. The van der Waals surface area contributed by atoms with Crippen molar-refractivity contribution in [2.75, 3.05) is 26.4 Å². The quantitative estimate of drug-likeness (QED) is 0.0319. The van der Waals surface area contributed by atoms with Gasteiger partial charge in [0.15, 0.2) is 6.10 Å². The lowest BCUT2D eigenvalue weighted by molar-refractivity contribution is -0.160. The molecule has 0 bridgehead atoms. The minimum absolute atomic E-state index is 0.0237. The molecule has 292 valence electrons. The van der Waals surface area contributed by atoms with Gasteiger partial charge in [0.2, 0.25) is 5.91 Å². The number of allylic oxidation sites excluding steroid dienone is 3. The van der Waals surface area contributed by atoms with Crippen LogP contribution in [0.4, 0.5) is 8.78 Å². The molecule has 1 spiro atoms. The van der Waals surface area contributed by atoms with Gasteiger partial charge in [-0.25, -0.2) is 13.3 Å². The molecule has 13 heteroatoms. The van der Waals surface area contributed by atoms with Crippen LogP contribution >= 0.6 is 7.82 Å². The number of hydrogen-bond donors (Lipinski definition) is 2. The topological polar surface area (TPSA) is 137 Å². The van der Waals surface area contributed by atoms with Gasteiger partial charge in [0.05, 0.1) is 31.5 Å². The van der Waals surface area contributed by atoms with Crippen LogP contribution in [0.25, 0.3) is 0 Å². The minimum Gasteiger partial charge on any atom is -0.461 e. The first kappa shape index (κ1) is 44.8. The summed E-state index contributed by atoms with van der Waals surface area (Å²) in [6.07, 6.45) is 23.8. The van der Waals surface area contributed by atoms with E-state index in [-0.39, 0.29) is 38.8 Å². The number of rotatable bonds is 30. The first-order chi connectivity index (χ1) is 24.4. The molecule has 2 aliphatic rings. The highest BCUT2D eigenvalue weighted by Crippen LogP contribution is 2.65. The molecule has 2 unspecified atom stereocenters. The molecule has 0 radical (unpaired) electrons. The maximum Gasteiger partial charge on any atom is 0.472 e. The van der Waals surface area contributed by atoms with Crippen LogP contribution in [0.1, 0.15) is 142 Å². The molecule has 51 heavy (non-hydrogen) atoms. The summed E-state index contributed by atoms with van der Waals surface area (Å²) in [7, 11) is -4.65. The Morgan fingerprint density at radius 3 is 2.02 bits per heavy atom. The number of unbranched alkanes of at least 4 members (excludes halogenated alkanes) is 12. The molecule has 0 aromatic carbocycles. The van der Waals surface area contributed by atoms with Gasteiger partial charge in [0.25, 0.3) is 5.92 Å². The van der Waals surface area contributed by atoms with Gasteiger partial charge >= 0.3 is 19.8 Å². The zero-order valence-electron chi connectivity index (χ0n) is 30.9. The fourth-order valence-electron chi connectivity index (χ4n) is 6.11. The molecule has 1 fully saturated rings. The third-order valence-electron chi connectivity index (χ3n) is 9.16. The lowest BCUT2D eigenvalue weighted by Gasteiger charge is -2.20. The molecular weight excluding hydrogens is 683 g/mol. The van der Waals surface area contributed by atoms with Crippen molar-refractivity contribution in [3.63, 3.8) is 0 Å². The van der Waals surface area contributed by atoms with Crippen LogP contribution in [-0.4, -0.2) is 61.1 Å². The Morgan fingerprint density at radius 1 is 0.843 bits per heavy atom. The van der Waals surface area contributed by atoms with E-state index in [0.29, 0.717) is 18.4 Å². The van der Waals surface area contributed by atoms with E-state index in [0.717, 1.165) is 38.5 Å². The fourth-order valence-corrected chi connectivity index (χ4v) is 6.87. The number of esters is 2. The van der Waals surface area contributed by atoms with Crippen LogP contribution in [0.15, 0.2) is 36.0 Å². The van der Waals surface area contributed by atoms with Gasteiger partial charge in [-0.1, -0.05) is 108 Å². The Bertz CT molecular complexity index is 1190. The third-order valence-corrected chi connectivity index (χ3v) is 10.1. The van der Waals surface area contributed by atoms with Crippen LogP contribution in [0.2, 0.25) is 0 Å². The molecule has 10 nitrogen and oxygen atoms in total. The van der Waals surface area contributed by atoms with Crippen LogP contribution in [0, 0.1) is 5.41 Å². The van der Waals surface area contributed by atoms with Crippen LogP contribution in [-0.2, 0) is 37.5 Å². The van der Waals surface area contributed by atoms with E-state index in [1.54, 1.807) is 12.2 Å². The SMILES string of the molecule is CCCCCCCC/C=C\CC(=O)OCC(COP(=O)(O)OCCNC(=O)CC1=C[C@@]12CCCC2(F)F)OC(=O)C/C=C\CCCCCCCC. The highest BCUT2D eigenvalue weighted by molar-refractivity contribution is 7.47. The molecular formula is C38H62F2NO9P.